The number of nitrogens with zero attached hydrogens (tertiary/aromatic N) is 3. The summed E-state index contributed by atoms with van der Waals surface area (Å²) in [5.41, 5.74) is 3.54. The molecule has 3 fully saturated rings. The zero-order valence-corrected chi connectivity index (χ0v) is 17.8. The van der Waals surface area contributed by atoms with Crippen LogP contribution in [0.1, 0.15) is 30.2 Å². The number of nitrogens with one attached hydrogen (secondary N) is 1. The summed E-state index contributed by atoms with van der Waals surface area (Å²) in [6.07, 6.45) is 4.27. The molecule has 6 nitrogen and oxygen atoms in total. The Morgan fingerprint density at radius 2 is 2.10 bits per heavy atom. The molecule has 4 unspecified atom stereocenters. The molecule has 3 aliphatic rings. The highest BCUT2D eigenvalue weighted by Crippen LogP contribution is 2.42. The van der Waals surface area contributed by atoms with E-state index >= 15 is 0 Å². The second-order valence-electron chi connectivity index (χ2n) is 8.56. The summed E-state index contributed by atoms with van der Waals surface area (Å²) in [6.45, 7) is 4.15. The number of rotatable bonds is 7. The first kappa shape index (κ1) is 19.4. The van der Waals surface area contributed by atoms with E-state index < -0.39 is 0 Å². The SMILES string of the molecule is COc1ccc(-c2cc(C3CN4CCC3CC4CNCc3ccco3)n(C)n2)cc1. The lowest BCUT2D eigenvalue weighted by molar-refractivity contribution is 0.0280. The van der Waals surface area contributed by atoms with Gasteiger partial charge in [-0.25, -0.2) is 0 Å². The Balaban J connectivity index is 1.25. The van der Waals surface area contributed by atoms with Gasteiger partial charge in [-0.3, -0.25) is 9.58 Å². The van der Waals surface area contributed by atoms with Crippen LogP contribution in [0.3, 0.4) is 0 Å². The van der Waals surface area contributed by atoms with Crippen molar-refractivity contribution in [2.24, 2.45) is 13.0 Å². The summed E-state index contributed by atoms with van der Waals surface area (Å²) in [7, 11) is 3.78. The van der Waals surface area contributed by atoms with E-state index in [2.05, 4.69) is 40.1 Å². The summed E-state index contributed by atoms with van der Waals surface area (Å²) in [5, 5.41) is 8.41. The van der Waals surface area contributed by atoms with Crippen LogP contribution >= 0.6 is 0 Å². The van der Waals surface area contributed by atoms with E-state index in [0.717, 1.165) is 48.3 Å². The number of piperidine rings is 3. The molecule has 3 aliphatic heterocycles. The summed E-state index contributed by atoms with van der Waals surface area (Å²) < 4.78 is 12.8. The van der Waals surface area contributed by atoms with E-state index in [4.69, 9.17) is 14.3 Å². The van der Waals surface area contributed by atoms with Crippen LogP contribution in [0.25, 0.3) is 11.3 Å². The van der Waals surface area contributed by atoms with Gasteiger partial charge in [0.1, 0.15) is 11.5 Å². The predicted octanol–water partition coefficient (Wildman–Crippen LogP) is 3.66. The van der Waals surface area contributed by atoms with Gasteiger partial charge in [-0.2, -0.15) is 5.10 Å². The van der Waals surface area contributed by atoms with Gasteiger partial charge in [0.05, 0.1) is 25.6 Å². The molecular formula is C24H30N4O2. The van der Waals surface area contributed by atoms with Gasteiger partial charge in [0.25, 0.3) is 0 Å². The molecule has 5 heterocycles. The van der Waals surface area contributed by atoms with Gasteiger partial charge in [0.2, 0.25) is 0 Å². The van der Waals surface area contributed by atoms with Crippen LogP contribution < -0.4 is 10.1 Å². The second kappa shape index (κ2) is 8.28. The van der Waals surface area contributed by atoms with Crippen LogP contribution in [0.4, 0.5) is 0 Å². The lowest BCUT2D eigenvalue weighted by Gasteiger charge is -2.50. The molecule has 6 rings (SSSR count). The van der Waals surface area contributed by atoms with Crippen LogP contribution in [-0.4, -0.2) is 47.5 Å². The average Bonchev–Trinajstić information content (AvgIpc) is 3.44. The third-order valence-electron chi connectivity index (χ3n) is 6.82. The van der Waals surface area contributed by atoms with E-state index in [0.29, 0.717) is 12.0 Å². The Hall–Kier alpha value is -2.57. The minimum Gasteiger partial charge on any atom is -0.497 e. The highest BCUT2D eigenvalue weighted by atomic mass is 16.5. The van der Waals surface area contributed by atoms with Crippen molar-refractivity contribution in [1.82, 2.24) is 20.0 Å². The number of aromatic nitrogens is 2. The molecule has 0 radical (unpaired) electrons. The highest BCUT2D eigenvalue weighted by Gasteiger charge is 2.41. The van der Waals surface area contributed by atoms with Crippen molar-refractivity contribution < 1.29 is 9.15 Å². The van der Waals surface area contributed by atoms with Crippen molar-refractivity contribution in [3.05, 3.63) is 60.2 Å². The Bertz CT molecular complexity index is 964. The lowest BCUT2D eigenvalue weighted by Crippen LogP contribution is -2.55. The number of hydrogen-bond acceptors (Lipinski definition) is 5. The lowest BCUT2D eigenvalue weighted by atomic mass is 9.74. The topological polar surface area (TPSA) is 55.5 Å². The van der Waals surface area contributed by atoms with Gasteiger partial charge in [0.15, 0.2) is 0 Å². The quantitative estimate of drug-likeness (QED) is 0.649. The normalized spacial score (nSPS) is 25.5. The maximum atomic E-state index is 5.43. The summed E-state index contributed by atoms with van der Waals surface area (Å²) in [5.74, 6) is 3.16. The molecule has 0 amide bonds. The van der Waals surface area contributed by atoms with Crippen molar-refractivity contribution >= 4 is 0 Å². The Morgan fingerprint density at radius 1 is 1.23 bits per heavy atom. The predicted molar refractivity (Wildman–Crippen MR) is 116 cm³/mol. The van der Waals surface area contributed by atoms with Gasteiger partial charge in [-0.05, 0) is 67.8 Å². The number of ether oxygens (including phenoxy) is 1. The molecule has 1 aromatic carbocycles. The molecule has 3 aromatic rings. The van der Waals surface area contributed by atoms with Crippen LogP contribution in [0.5, 0.6) is 5.75 Å². The highest BCUT2D eigenvalue weighted by molar-refractivity contribution is 5.60. The first-order valence-corrected chi connectivity index (χ1v) is 10.9. The molecule has 6 heteroatoms. The first-order valence-electron chi connectivity index (χ1n) is 10.9. The zero-order chi connectivity index (χ0) is 20.5. The Labute approximate surface area is 177 Å². The van der Waals surface area contributed by atoms with Crippen molar-refractivity contribution in [2.45, 2.75) is 31.3 Å². The minimum atomic E-state index is 0.560. The van der Waals surface area contributed by atoms with Crippen LogP contribution in [0.2, 0.25) is 0 Å². The number of hydrogen-bond donors (Lipinski definition) is 1. The van der Waals surface area contributed by atoms with Crippen molar-refractivity contribution in [3.8, 4) is 17.0 Å². The summed E-state index contributed by atoms with van der Waals surface area (Å²) >= 11 is 0. The molecule has 0 spiro atoms. The third-order valence-corrected chi connectivity index (χ3v) is 6.82. The number of aryl methyl sites for hydroxylation is 1. The molecule has 30 heavy (non-hydrogen) atoms. The standard InChI is InChI=1S/C24H30N4O2/c1-27-24(13-23(26-27)17-5-7-20(29-2)8-6-17)22-16-28-10-9-18(22)12-19(28)14-25-15-21-4-3-11-30-21/h3-8,11,13,18-19,22,25H,9-10,12,14-16H2,1-2H3. The van der Waals surface area contributed by atoms with Crippen LogP contribution in [0.15, 0.2) is 53.1 Å². The first-order chi connectivity index (χ1) is 14.7. The van der Waals surface area contributed by atoms with E-state index in [1.165, 1.54) is 25.1 Å². The molecule has 2 bridgehead atoms. The van der Waals surface area contributed by atoms with Crippen molar-refractivity contribution in [2.75, 3.05) is 26.7 Å². The number of benzene rings is 1. The Kier molecular flexibility index (Phi) is 5.35. The maximum Gasteiger partial charge on any atom is 0.118 e. The fraction of sp³-hybridized carbons (Fsp3) is 0.458. The summed E-state index contributed by atoms with van der Waals surface area (Å²) in [6, 6.07) is 15.0. The van der Waals surface area contributed by atoms with E-state index in [1.807, 2.05) is 24.3 Å². The van der Waals surface area contributed by atoms with Gasteiger partial charge >= 0.3 is 0 Å². The summed E-state index contributed by atoms with van der Waals surface area (Å²) in [4.78, 5) is 2.67. The van der Waals surface area contributed by atoms with Gasteiger partial charge in [0, 0.05) is 43.4 Å². The second-order valence-corrected chi connectivity index (χ2v) is 8.56. The molecular weight excluding hydrogens is 376 g/mol. The maximum absolute atomic E-state index is 5.43. The molecule has 158 valence electrons. The van der Waals surface area contributed by atoms with E-state index in [1.54, 1.807) is 13.4 Å². The molecule has 0 saturated carbocycles. The fourth-order valence-corrected chi connectivity index (χ4v) is 5.19. The molecule has 2 aromatic heterocycles. The molecule has 3 saturated heterocycles. The molecule has 4 atom stereocenters. The van der Waals surface area contributed by atoms with E-state index in [9.17, 15) is 0 Å². The third kappa shape index (κ3) is 3.77. The fourth-order valence-electron chi connectivity index (χ4n) is 5.19. The van der Waals surface area contributed by atoms with Crippen LogP contribution in [0, 0.1) is 5.92 Å². The Morgan fingerprint density at radius 3 is 2.80 bits per heavy atom. The number of methoxy groups -OCH3 is 1. The van der Waals surface area contributed by atoms with Gasteiger partial charge < -0.3 is 14.5 Å². The van der Waals surface area contributed by atoms with Gasteiger partial charge in [-0.1, -0.05) is 0 Å². The number of fused-ring (bicyclic) bond motifs is 3. The molecule has 0 aliphatic carbocycles. The van der Waals surface area contributed by atoms with Crippen molar-refractivity contribution in [3.63, 3.8) is 0 Å². The van der Waals surface area contributed by atoms with Gasteiger partial charge in [-0.15, -0.1) is 0 Å². The minimum absolute atomic E-state index is 0.560. The number of furan rings is 1. The van der Waals surface area contributed by atoms with Crippen molar-refractivity contribution in [1.29, 1.82) is 0 Å². The van der Waals surface area contributed by atoms with Crippen LogP contribution in [-0.2, 0) is 13.6 Å². The van der Waals surface area contributed by atoms with E-state index in [-0.39, 0.29) is 0 Å². The largest absolute Gasteiger partial charge is 0.497 e. The monoisotopic (exact) mass is 406 g/mol. The zero-order valence-electron chi connectivity index (χ0n) is 17.8. The average molecular weight is 407 g/mol. The smallest absolute Gasteiger partial charge is 0.118 e. The molecule has 1 N–H and O–H groups in total.